The Labute approximate surface area is 133 Å². The Balaban J connectivity index is 2.12. The van der Waals surface area contributed by atoms with Crippen LogP contribution in [0.5, 0.6) is 0 Å². The van der Waals surface area contributed by atoms with Crippen LogP contribution in [0, 0.1) is 0 Å². The first-order valence-corrected chi connectivity index (χ1v) is 7.31. The van der Waals surface area contributed by atoms with Crippen molar-refractivity contribution in [3.8, 4) is 0 Å². The van der Waals surface area contributed by atoms with Crippen molar-refractivity contribution in [3.63, 3.8) is 0 Å². The van der Waals surface area contributed by atoms with Gasteiger partial charge in [0.25, 0.3) is 5.91 Å². The first kappa shape index (κ1) is 15.6. The maximum atomic E-state index is 12.2. The lowest BCUT2D eigenvalue weighted by atomic mass is 10.2. The van der Waals surface area contributed by atoms with Gasteiger partial charge in [-0.2, -0.15) is 0 Å². The lowest BCUT2D eigenvalue weighted by Gasteiger charge is -2.08. The molecule has 1 heterocycles. The number of nitrogens with zero attached hydrogens (tertiary/aromatic N) is 1. The molecule has 6 heteroatoms. The number of hydrogen-bond donors (Lipinski definition) is 2. The molecule has 21 heavy (non-hydrogen) atoms. The van der Waals surface area contributed by atoms with Crippen molar-refractivity contribution >= 4 is 40.5 Å². The molecule has 0 saturated carbocycles. The highest BCUT2D eigenvalue weighted by atomic mass is 35.5. The number of anilines is 2. The van der Waals surface area contributed by atoms with Crippen molar-refractivity contribution in [2.45, 2.75) is 13.3 Å². The monoisotopic (exact) mass is 323 g/mol. The van der Waals surface area contributed by atoms with E-state index in [1.807, 2.05) is 6.07 Å². The number of halogens is 2. The molecular formula is C15H15Cl2N3O. The standard InChI is InChI=1S/C15H15Cl2N3O/c1-2-4-18-12-3-5-19-14(9-12)15(21)20-13-7-10(16)6-11(17)8-13/h3,5-9H,2,4H2,1H3,(H,18,19)(H,20,21). The molecular weight excluding hydrogens is 309 g/mol. The van der Waals surface area contributed by atoms with E-state index >= 15 is 0 Å². The van der Waals surface area contributed by atoms with E-state index in [1.165, 1.54) is 0 Å². The number of carbonyl (C=O) groups excluding carboxylic acids is 1. The predicted molar refractivity (Wildman–Crippen MR) is 87.4 cm³/mol. The third-order valence-corrected chi connectivity index (χ3v) is 3.13. The van der Waals surface area contributed by atoms with Crippen molar-refractivity contribution in [2.24, 2.45) is 0 Å². The fourth-order valence-corrected chi connectivity index (χ4v) is 2.28. The first-order valence-electron chi connectivity index (χ1n) is 6.56. The van der Waals surface area contributed by atoms with Gasteiger partial charge in [-0.05, 0) is 36.8 Å². The fraction of sp³-hybridized carbons (Fsp3) is 0.200. The number of hydrogen-bond acceptors (Lipinski definition) is 3. The summed E-state index contributed by atoms with van der Waals surface area (Å²) in [6, 6.07) is 8.39. The maximum absolute atomic E-state index is 12.2. The summed E-state index contributed by atoms with van der Waals surface area (Å²) in [4.78, 5) is 16.2. The van der Waals surface area contributed by atoms with Crippen LogP contribution in [-0.2, 0) is 0 Å². The second kappa shape index (κ2) is 7.29. The Bertz CT molecular complexity index is 626. The van der Waals surface area contributed by atoms with E-state index in [0.717, 1.165) is 18.7 Å². The van der Waals surface area contributed by atoms with Gasteiger partial charge in [-0.3, -0.25) is 9.78 Å². The normalized spacial score (nSPS) is 10.2. The molecule has 4 nitrogen and oxygen atoms in total. The molecule has 0 fully saturated rings. The Hall–Kier alpha value is -1.78. The summed E-state index contributed by atoms with van der Waals surface area (Å²) in [5.74, 6) is -0.312. The van der Waals surface area contributed by atoms with Gasteiger partial charge in [-0.1, -0.05) is 30.1 Å². The number of carbonyl (C=O) groups is 1. The minimum absolute atomic E-state index is 0.312. The number of benzene rings is 1. The van der Waals surface area contributed by atoms with Crippen molar-refractivity contribution < 1.29 is 4.79 Å². The summed E-state index contributed by atoms with van der Waals surface area (Å²) >= 11 is 11.8. The molecule has 110 valence electrons. The van der Waals surface area contributed by atoms with Gasteiger partial charge in [0.15, 0.2) is 0 Å². The van der Waals surface area contributed by atoms with E-state index < -0.39 is 0 Å². The highest BCUT2D eigenvalue weighted by molar-refractivity contribution is 6.35. The average Bonchev–Trinajstić information content (AvgIpc) is 2.44. The molecule has 0 atom stereocenters. The minimum Gasteiger partial charge on any atom is -0.385 e. The predicted octanol–water partition coefficient (Wildman–Crippen LogP) is 4.46. The van der Waals surface area contributed by atoms with E-state index in [-0.39, 0.29) is 5.91 Å². The van der Waals surface area contributed by atoms with Crippen molar-refractivity contribution in [3.05, 3.63) is 52.3 Å². The highest BCUT2D eigenvalue weighted by Gasteiger charge is 2.09. The molecule has 0 aliphatic carbocycles. The lowest BCUT2D eigenvalue weighted by molar-refractivity contribution is 0.102. The van der Waals surface area contributed by atoms with Gasteiger partial charge in [-0.25, -0.2) is 0 Å². The van der Waals surface area contributed by atoms with E-state index in [1.54, 1.807) is 30.5 Å². The van der Waals surface area contributed by atoms with E-state index in [4.69, 9.17) is 23.2 Å². The molecule has 0 radical (unpaired) electrons. The average molecular weight is 324 g/mol. The van der Waals surface area contributed by atoms with Crippen LogP contribution in [0.3, 0.4) is 0 Å². The van der Waals surface area contributed by atoms with E-state index in [9.17, 15) is 4.79 Å². The largest absolute Gasteiger partial charge is 0.385 e. The summed E-state index contributed by atoms with van der Waals surface area (Å²) in [5, 5.41) is 6.86. The molecule has 0 unspecified atom stereocenters. The zero-order valence-corrected chi connectivity index (χ0v) is 13.0. The third-order valence-electron chi connectivity index (χ3n) is 2.69. The number of amides is 1. The second-order valence-corrected chi connectivity index (χ2v) is 5.34. The summed E-state index contributed by atoms with van der Waals surface area (Å²) in [7, 11) is 0. The van der Waals surface area contributed by atoms with Gasteiger partial charge >= 0.3 is 0 Å². The molecule has 0 aliphatic rings. The molecule has 0 spiro atoms. The fourth-order valence-electron chi connectivity index (χ4n) is 1.76. The molecule has 2 N–H and O–H groups in total. The molecule has 0 saturated heterocycles. The van der Waals surface area contributed by atoms with Gasteiger partial charge in [0.1, 0.15) is 5.69 Å². The minimum atomic E-state index is -0.312. The Morgan fingerprint density at radius 3 is 2.52 bits per heavy atom. The second-order valence-electron chi connectivity index (χ2n) is 4.47. The van der Waals surface area contributed by atoms with Gasteiger partial charge in [0.2, 0.25) is 0 Å². The summed E-state index contributed by atoms with van der Waals surface area (Å²) in [6.07, 6.45) is 2.60. The summed E-state index contributed by atoms with van der Waals surface area (Å²) in [6.45, 7) is 2.92. The number of pyridine rings is 1. The molecule has 1 aromatic heterocycles. The van der Waals surface area contributed by atoms with Crippen LogP contribution in [0.25, 0.3) is 0 Å². The van der Waals surface area contributed by atoms with Crippen LogP contribution >= 0.6 is 23.2 Å². The smallest absolute Gasteiger partial charge is 0.274 e. The van der Waals surface area contributed by atoms with E-state index in [0.29, 0.717) is 21.4 Å². The Morgan fingerprint density at radius 2 is 1.86 bits per heavy atom. The van der Waals surface area contributed by atoms with Crippen LogP contribution < -0.4 is 10.6 Å². The van der Waals surface area contributed by atoms with Crippen LogP contribution in [0.1, 0.15) is 23.8 Å². The van der Waals surface area contributed by atoms with Crippen molar-refractivity contribution in [1.29, 1.82) is 0 Å². The Morgan fingerprint density at radius 1 is 1.14 bits per heavy atom. The van der Waals surface area contributed by atoms with Crippen LogP contribution in [-0.4, -0.2) is 17.4 Å². The number of nitrogens with one attached hydrogen (secondary N) is 2. The molecule has 1 aromatic carbocycles. The number of rotatable bonds is 5. The molecule has 2 aromatic rings. The van der Waals surface area contributed by atoms with Crippen LogP contribution in [0.15, 0.2) is 36.5 Å². The zero-order valence-electron chi connectivity index (χ0n) is 11.5. The van der Waals surface area contributed by atoms with Crippen molar-refractivity contribution in [1.82, 2.24) is 4.98 Å². The molecule has 1 amide bonds. The van der Waals surface area contributed by atoms with Crippen molar-refractivity contribution in [2.75, 3.05) is 17.2 Å². The Kier molecular flexibility index (Phi) is 5.42. The zero-order chi connectivity index (χ0) is 15.2. The van der Waals surface area contributed by atoms with Gasteiger partial charge in [-0.15, -0.1) is 0 Å². The maximum Gasteiger partial charge on any atom is 0.274 e. The van der Waals surface area contributed by atoms with Gasteiger partial charge in [0.05, 0.1) is 0 Å². The van der Waals surface area contributed by atoms with Gasteiger partial charge < -0.3 is 10.6 Å². The van der Waals surface area contributed by atoms with Gasteiger partial charge in [0, 0.05) is 34.2 Å². The molecule has 0 bridgehead atoms. The van der Waals surface area contributed by atoms with Crippen LogP contribution in [0.2, 0.25) is 10.0 Å². The third kappa shape index (κ3) is 4.62. The topological polar surface area (TPSA) is 54.0 Å². The molecule has 2 rings (SSSR count). The summed E-state index contributed by atoms with van der Waals surface area (Å²) < 4.78 is 0. The quantitative estimate of drug-likeness (QED) is 0.853. The van der Waals surface area contributed by atoms with E-state index in [2.05, 4.69) is 22.5 Å². The molecule has 0 aliphatic heterocycles. The van der Waals surface area contributed by atoms with Crippen LogP contribution in [0.4, 0.5) is 11.4 Å². The number of aromatic nitrogens is 1. The highest BCUT2D eigenvalue weighted by Crippen LogP contribution is 2.23. The lowest BCUT2D eigenvalue weighted by Crippen LogP contribution is -2.14. The SMILES string of the molecule is CCCNc1ccnc(C(=O)Nc2cc(Cl)cc(Cl)c2)c1. The summed E-state index contributed by atoms with van der Waals surface area (Å²) in [5.41, 5.74) is 1.72. The first-order chi connectivity index (χ1) is 10.1.